The quantitative estimate of drug-likeness (QED) is 0.716. The van der Waals surface area contributed by atoms with Crippen LogP contribution in [-0.2, 0) is 0 Å². The smallest absolute Gasteiger partial charge is 0.251 e. The Labute approximate surface area is 108 Å². The van der Waals surface area contributed by atoms with Crippen molar-refractivity contribution in [1.82, 2.24) is 5.32 Å². The molecule has 0 unspecified atom stereocenters. The van der Waals surface area contributed by atoms with Crippen LogP contribution < -0.4 is 16.4 Å². The molecule has 1 aliphatic carbocycles. The number of hydrogen-bond acceptors (Lipinski definition) is 3. The van der Waals surface area contributed by atoms with Crippen LogP contribution in [0.25, 0.3) is 0 Å². The largest absolute Gasteiger partial charge is 0.397 e. The summed E-state index contributed by atoms with van der Waals surface area (Å²) in [6.07, 6.45) is 3.61. The number of nitrogen functional groups attached to an aromatic ring is 1. The van der Waals surface area contributed by atoms with Gasteiger partial charge in [-0.25, -0.2) is 0 Å². The van der Waals surface area contributed by atoms with E-state index >= 15 is 0 Å². The zero-order valence-electron chi connectivity index (χ0n) is 11.0. The molecule has 1 aromatic carbocycles. The Morgan fingerprint density at radius 1 is 1.44 bits per heavy atom. The van der Waals surface area contributed by atoms with Gasteiger partial charge in [-0.15, -0.1) is 0 Å². The fourth-order valence-corrected chi connectivity index (χ4v) is 2.24. The molecular weight excluding hydrogens is 226 g/mol. The van der Waals surface area contributed by atoms with Crippen molar-refractivity contribution in [2.45, 2.75) is 38.6 Å². The van der Waals surface area contributed by atoms with Crippen molar-refractivity contribution in [3.63, 3.8) is 0 Å². The number of anilines is 2. The van der Waals surface area contributed by atoms with Gasteiger partial charge in [-0.2, -0.15) is 0 Å². The maximum absolute atomic E-state index is 11.7. The minimum atomic E-state index is -0.0781. The van der Waals surface area contributed by atoms with Crippen molar-refractivity contribution in [3.8, 4) is 0 Å². The third-order valence-electron chi connectivity index (χ3n) is 3.54. The fraction of sp³-hybridized carbons (Fsp3) is 0.500. The first kappa shape index (κ1) is 12.7. The standard InChI is InChI=1S/C14H21N3O/c1-3-16-13(18)10-5-6-12(11(15)9-10)17-14(2)7-4-8-14/h5-6,9,17H,3-4,7-8,15H2,1-2H3,(H,16,18). The molecule has 0 atom stereocenters. The van der Waals surface area contributed by atoms with Gasteiger partial charge in [0.15, 0.2) is 0 Å². The lowest BCUT2D eigenvalue weighted by molar-refractivity contribution is 0.0956. The first-order valence-electron chi connectivity index (χ1n) is 6.50. The molecule has 0 aromatic heterocycles. The molecule has 4 heteroatoms. The van der Waals surface area contributed by atoms with Crippen LogP contribution in [0.1, 0.15) is 43.5 Å². The topological polar surface area (TPSA) is 67.2 Å². The number of amides is 1. The molecule has 0 radical (unpaired) electrons. The van der Waals surface area contributed by atoms with Crippen LogP contribution in [0.2, 0.25) is 0 Å². The molecule has 1 aromatic rings. The first-order valence-corrected chi connectivity index (χ1v) is 6.50. The summed E-state index contributed by atoms with van der Waals surface area (Å²) in [6, 6.07) is 5.44. The van der Waals surface area contributed by atoms with E-state index in [1.54, 1.807) is 6.07 Å². The second-order valence-electron chi connectivity index (χ2n) is 5.20. The molecule has 0 bridgehead atoms. The Morgan fingerprint density at radius 2 is 2.17 bits per heavy atom. The summed E-state index contributed by atoms with van der Waals surface area (Å²) in [5, 5.41) is 6.23. The van der Waals surface area contributed by atoms with E-state index in [9.17, 15) is 4.79 Å². The second-order valence-corrected chi connectivity index (χ2v) is 5.20. The van der Waals surface area contributed by atoms with Gasteiger partial charge < -0.3 is 16.4 Å². The van der Waals surface area contributed by atoms with Crippen molar-refractivity contribution < 1.29 is 4.79 Å². The molecule has 98 valence electrons. The summed E-state index contributed by atoms with van der Waals surface area (Å²) in [6.45, 7) is 4.72. The molecule has 2 rings (SSSR count). The fourth-order valence-electron chi connectivity index (χ4n) is 2.24. The summed E-state index contributed by atoms with van der Waals surface area (Å²) >= 11 is 0. The predicted octanol–water partition coefficient (Wildman–Crippen LogP) is 2.37. The number of carbonyl (C=O) groups excluding carboxylic acids is 1. The minimum absolute atomic E-state index is 0.0781. The number of carbonyl (C=O) groups is 1. The van der Waals surface area contributed by atoms with E-state index < -0.39 is 0 Å². The Kier molecular flexibility index (Phi) is 3.45. The van der Waals surface area contributed by atoms with E-state index in [2.05, 4.69) is 17.6 Å². The first-order chi connectivity index (χ1) is 8.54. The Balaban J connectivity index is 2.12. The Hall–Kier alpha value is -1.71. The van der Waals surface area contributed by atoms with E-state index in [-0.39, 0.29) is 11.4 Å². The van der Waals surface area contributed by atoms with Crippen LogP contribution >= 0.6 is 0 Å². The highest BCUT2D eigenvalue weighted by Gasteiger charge is 2.31. The summed E-state index contributed by atoms with van der Waals surface area (Å²) in [4.78, 5) is 11.7. The van der Waals surface area contributed by atoms with Crippen LogP contribution in [0.15, 0.2) is 18.2 Å². The van der Waals surface area contributed by atoms with E-state index in [1.807, 2.05) is 19.1 Å². The molecule has 18 heavy (non-hydrogen) atoms. The molecule has 1 aliphatic rings. The van der Waals surface area contributed by atoms with E-state index in [1.165, 1.54) is 19.3 Å². The van der Waals surface area contributed by atoms with Crippen molar-refractivity contribution >= 4 is 17.3 Å². The number of rotatable bonds is 4. The van der Waals surface area contributed by atoms with E-state index in [4.69, 9.17) is 5.73 Å². The van der Waals surface area contributed by atoms with Gasteiger partial charge in [-0.1, -0.05) is 0 Å². The summed E-state index contributed by atoms with van der Waals surface area (Å²) < 4.78 is 0. The van der Waals surface area contributed by atoms with Crippen molar-refractivity contribution in [3.05, 3.63) is 23.8 Å². The maximum atomic E-state index is 11.7. The Bertz CT molecular complexity index is 452. The van der Waals surface area contributed by atoms with Gasteiger partial charge in [-0.3, -0.25) is 4.79 Å². The minimum Gasteiger partial charge on any atom is -0.397 e. The van der Waals surface area contributed by atoms with E-state index in [0.717, 1.165) is 5.69 Å². The molecule has 0 spiro atoms. The van der Waals surface area contributed by atoms with Gasteiger partial charge in [0.2, 0.25) is 0 Å². The molecule has 4 nitrogen and oxygen atoms in total. The number of nitrogens with two attached hydrogens (primary N) is 1. The monoisotopic (exact) mass is 247 g/mol. The molecule has 4 N–H and O–H groups in total. The highest BCUT2D eigenvalue weighted by molar-refractivity contribution is 5.96. The third kappa shape index (κ3) is 2.58. The van der Waals surface area contributed by atoms with E-state index in [0.29, 0.717) is 17.8 Å². The van der Waals surface area contributed by atoms with Gasteiger partial charge in [-0.05, 0) is 51.3 Å². The average Bonchev–Trinajstić information content (AvgIpc) is 2.30. The number of benzene rings is 1. The maximum Gasteiger partial charge on any atom is 0.251 e. The SMILES string of the molecule is CCNC(=O)c1ccc(NC2(C)CCC2)c(N)c1. The summed E-state index contributed by atoms with van der Waals surface area (Å²) in [5.41, 5.74) is 8.33. The summed E-state index contributed by atoms with van der Waals surface area (Å²) in [7, 11) is 0. The predicted molar refractivity (Wildman–Crippen MR) is 74.7 cm³/mol. The second kappa shape index (κ2) is 4.88. The Morgan fingerprint density at radius 3 is 2.67 bits per heavy atom. The van der Waals surface area contributed by atoms with Crippen molar-refractivity contribution in [1.29, 1.82) is 0 Å². The lowest BCUT2D eigenvalue weighted by Crippen LogP contribution is -2.41. The van der Waals surface area contributed by atoms with Gasteiger partial charge in [0.1, 0.15) is 0 Å². The van der Waals surface area contributed by atoms with Crippen LogP contribution in [0, 0.1) is 0 Å². The van der Waals surface area contributed by atoms with Gasteiger partial charge >= 0.3 is 0 Å². The molecule has 1 saturated carbocycles. The van der Waals surface area contributed by atoms with Crippen LogP contribution in [0.3, 0.4) is 0 Å². The molecular formula is C14H21N3O. The highest BCUT2D eigenvalue weighted by Crippen LogP contribution is 2.36. The highest BCUT2D eigenvalue weighted by atomic mass is 16.1. The van der Waals surface area contributed by atoms with Crippen molar-refractivity contribution in [2.24, 2.45) is 0 Å². The van der Waals surface area contributed by atoms with Gasteiger partial charge in [0, 0.05) is 17.6 Å². The molecule has 0 saturated heterocycles. The van der Waals surface area contributed by atoms with Crippen LogP contribution in [0.5, 0.6) is 0 Å². The lowest BCUT2D eigenvalue weighted by Gasteiger charge is -2.40. The zero-order valence-corrected chi connectivity index (χ0v) is 11.0. The molecule has 0 heterocycles. The third-order valence-corrected chi connectivity index (χ3v) is 3.54. The normalized spacial score (nSPS) is 16.8. The van der Waals surface area contributed by atoms with Crippen LogP contribution in [0.4, 0.5) is 11.4 Å². The molecule has 0 aliphatic heterocycles. The molecule has 1 fully saturated rings. The van der Waals surface area contributed by atoms with Gasteiger partial charge in [0.25, 0.3) is 5.91 Å². The molecule has 1 amide bonds. The number of nitrogens with one attached hydrogen (secondary N) is 2. The van der Waals surface area contributed by atoms with Crippen molar-refractivity contribution in [2.75, 3.05) is 17.6 Å². The van der Waals surface area contributed by atoms with Crippen LogP contribution in [-0.4, -0.2) is 18.0 Å². The van der Waals surface area contributed by atoms with Gasteiger partial charge in [0.05, 0.1) is 11.4 Å². The number of hydrogen-bond donors (Lipinski definition) is 3. The summed E-state index contributed by atoms with van der Waals surface area (Å²) in [5.74, 6) is -0.0781. The zero-order chi connectivity index (χ0) is 13.2. The average molecular weight is 247 g/mol. The lowest BCUT2D eigenvalue weighted by atomic mass is 9.78.